The molecule has 3 aliphatic rings. The van der Waals surface area contributed by atoms with E-state index in [1.54, 1.807) is 4.90 Å². The summed E-state index contributed by atoms with van der Waals surface area (Å²) in [4.78, 5) is 90.7. The molecule has 9 rings (SSSR count). The van der Waals surface area contributed by atoms with Gasteiger partial charge in [0.15, 0.2) is 29.7 Å². The number of hydrogen-bond donors (Lipinski definition) is 5. The number of amides is 5. The average Bonchev–Trinajstić information content (AvgIpc) is 3.60. The van der Waals surface area contributed by atoms with E-state index in [0.717, 1.165) is 23.1 Å². The number of carbonyl (C=O) groups excluding carboxylic acids is 5. The molecular weight excluding hydrogens is 981 g/mol. The molecule has 2 saturated heterocycles. The molecule has 5 heterocycles. The summed E-state index contributed by atoms with van der Waals surface area (Å²) in [5, 5.41) is 28.0. The Balaban J connectivity index is 0.783. The number of aryl methyl sites for hydroxylation is 1. The summed E-state index contributed by atoms with van der Waals surface area (Å²) in [5.74, 6) is -4.46. The zero-order chi connectivity index (χ0) is 52.7. The number of carbonyl (C=O) groups is 5. The van der Waals surface area contributed by atoms with Crippen LogP contribution in [-0.4, -0.2) is 116 Å². The molecule has 20 nitrogen and oxygen atoms in total. The topological polar surface area (TPSA) is 253 Å². The first kappa shape index (κ1) is 50.7. The maximum Gasteiger partial charge on any atom is 0.573 e. The first-order valence-electron chi connectivity index (χ1n) is 23.1. The third kappa shape index (κ3) is 10.4. The van der Waals surface area contributed by atoms with Gasteiger partial charge < -0.3 is 49.3 Å². The van der Waals surface area contributed by atoms with Crippen molar-refractivity contribution in [2.24, 2.45) is 13.0 Å². The number of benzene rings is 4. The zero-order valence-electron chi connectivity index (χ0n) is 39.6. The molecule has 24 heteroatoms. The number of alkyl halides is 3. The van der Waals surface area contributed by atoms with Gasteiger partial charge in [-0.1, -0.05) is 0 Å². The molecule has 5 amide bonds. The van der Waals surface area contributed by atoms with Crippen LogP contribution in [0.4, 0.5) is 28.9 Å². The Labute approximate surface area is 416 Å². The van der Waals surface area contributed by atoms with Crippen molar-refractivity contribution in [3.63, 3.8) is 0 Å². The van der Waals surface area contributed by atoms with Crippen LogP contribution in [0, 0.1) is 18.7 Å². The van der Waals surface area contributed by atoms with Crippen LogP contribution in [0.25, 0.3) is 21.8 Å². The molecule has 0 radical (unpaired) electrons. The Morgan fingerprint density at radius 3 is 2.28 bits per heavy atom. The lowest BCUT2D eigenvalue weighted by Crippen LogP contribution is -2.58. The second kappa shape index (κ2) is 20.4. The SMILES string of the molecule is COc1cc2c(Oc3ccc(NC(=O)c4c(C)n(C)c5ccc(OC(F)(F)F)cc5c4=O)cc3F)ncnc2cc1OCC(=O)N1CCC(CC(=O)Nc2ccc3c(c2)C(=O)N(C2CCC(O)NC2O)C3=O)CC1. The summed E-state index contributed by atoms with van der Waals surface area (Å²) in [5.41, 5.74) is -0.0352. The second-order valence-electron chi connectivity index (χ2n) is 17.9. The summed E-state index contributed by atoms with van der Waals surface area (Å²) in [6.07, 6.45) is -4.45. The fraction of sp³-hybridized carbons (Fsp3) is 0.320. The number of hydrogen-bond acceptors (Lipinski definition) is 15. The van der Waals surface area contributed by atoms with Gasteiger partial charge in [0, 0.05) is 55.8 Å². The fourth-order valence-electron chi connectivity index (χ4n) is 9.33. The van der Waals surface area contributed by atoms with E-state index in [2.05, 4.69) is 30.7 Å². The number of nitrogens with one attached hydrogen (secondary N) is 3. The van der Waals surface area contributed by atoms with Crippen LogP contribution in [0.2, 0.25) is 0 Å². The number of imide groups is 1. The lowest BCUT2D eigenvalue weighted by molar-refractivity contribution is -0.274. The predicted molar refractivity (Wildman–Crippen MR) is 254 cm³/mol. The van der Waals surface area contributed by atoms with Crippen molar-refractivity contribution < 1.29 is 70.7 Å². The van der Waals surface area contributed by atoms with Crippen molar-refractivity contribution in [1.29, 1.82) is 0 Å². The van der Waals surface area contributed by atoms with Gasteiger partial charge in [0.05, 0.1) is 46.1 Å². The third-order valence-electron chi connectivity index (χ3n) is 13.2. The molecular formula is C50H46F4N8O12. The first-order chi connectivity index (χ1) is 35.3. The molecule has 6 aromatic rings. The molecule has 3 aliphatic heterocycles. The van der Waals surface area contributed by atoms with Gasteiger partial charge in [-0.3, -0.25) is 39.0 Å². The lowest BCUT2D eigenvalue weighted by atomic mass is 9.93. The Morgan fingerprint density at radius 2 is 1.57 bits per heavy atom. The van der Waals surface area contributed by atoms with Crippen molar-refractivity contribution in [2.75, 3.05) is 37.4 Å². The molecule has 386 valence electrons. The van der Waals surface area contributed by atoms with E-state index < -0.39 is 59.6 Å². The highest BCUT2D eigenvalue weighted by molar-refractivity contribution is 6.22. The van der Waals surface area contributed by atoms with Crippen LogP contribution in [0.1, 0.15) is 68.9 Å². The minimum Gasteiger partial charge on any atom is -0.493 e. The Bertz CT molecular complexity index is 3330. The number of likely N-dealkylation sites (tertiary alicyclic amines) is 1. The van der Waals surface area contributed by atoms with Gasteiger partial charge in [0.25, 0.3) is 23.6 Å². The normalized spacial score (nSPS) is 18.1. The molecule has 3 atom stereocenters. The van der Waals surface area contributed by atoms with Crippen LogP contribution in [0.5, 0.6) is 28.9 Å². The van der Waals surface area contributed by atoms with Crippen LogP contribution in [0.15, 0.2) is 77.9 Å². The number of nitrogens with zero attached hydrogens (tertiary/aromatic N) is 5. The van der Waals surface area contributed by atoms with Gasteiger partial charge in [0.1, 0.15) is 30.1 Å². The van der Waals surface area contributed by atoms with Gasteiger partial charge in [-0.2, -0.15) is 0 Å². The minimum atomic E-state index is -5.01. The van der Waals surface area contributed by atoms with E-state index in [1.165, 1.54) is 80.5 Å². The quantitative estimate of drug-likeness (QED) is 0.0706. The summed E-state index contributed by atoms with van der Waals surface area (Å²) in [7, 11) is 2.90. The number of pyridine rings is 1. The fourth-order valence-corrected chi connectivity index (χ4v) is 9.33. The van der Waals surface area contributed by atoms with Crippen molar-refractivity contribution in [3.8, 4) is 28.9 Å². The van der Waals surface area contributed by atoms with E-state index in [1.807, 2.05) is 0 Å². The number of aliphatic hydroxyl groups is 2. The Kier molecular flexibility index (Phi) is 13.9. The largest absolute Gasteiger partial charge is 0.573 e. The molecule has 0 aliphatic carbocycles. The number of aromatic nitrogens is 3. The zero-order valence-corrected chi connectivity index (χ0v) is 39.6. The Hall–Kier alpha value is -8.22. The molecule has 0 saturated carbocycles. The molecule has 3 unspecified atom stereocenters. The van der Waals surface area contributed by atoms with E-state index >= 15 is 4.39 Å². The van der Waals surface area contributed by atoms with Gasteiger partial charge in [-0.15, -0.1) is 13.2 Å². The first-order valence-corrected chi connectivity index (χ1v) is 23.1. The van der Waals surface area contributed by atoms with E-state index in [4.69, 9.17) is 14.2 Å². The number of ether oxygens (including phenoxy) is 4. The maximum absolute atomic E-state index is 15.6. The molecule has 4 aromatic carbocycles. The molecule has 0 spiro atoms. The summed E-state index contributed by atoms with van der Waals surface area (Å²) >= 11 is 0. The van der Waals surface area contributed by atoms with Gasteiger partial charge in [0.2, 0.25) is 17.2 Å². The molecule has 0 bridgehead atoms. The lowest BCUT2D eigenvalue weighted by Gasteiger charge is -2.36. The number of halogens is 4. The van der Waals surface area contributed by atoms with E-state index in [9.17, 15) is 52.2 Å². The van der Waals surface area contributed by atoms with Crippen LogP contribution in [0.3, 0.4) is 0 Å². The van der Waals surface area contributed by atoms with E-state index in [0.29, 0.717) is 31.6 Å². The molecule has 2 aromatic heterocycles. The molecule has 2 fully saturated rings. The van der Waals surface area contributed by atoms with Crippen LogP contribution < -0.4 is 40.3 Å². The monoisotopic (exact) mass is 1030 g/mol. The Morgan fingerprint density at radius 1 is 0.838 bits per heavy atom. The minimum absolute atomic E-state index is 0.0535. The summed E-state index contributed by atoms with van der Waals surface area (Å²) in [6.45, 7) is 1.83. The third-order valence-corrected chi connectivity index (χ3v) is 13.2. The number of methoxy groups -OCH3 is 1. The maximum atomic E-state index is 15.6. The van der Waals surface area contributed by atoms with Gasteiger partial charge in [-0.05, 0) is 93.1 Å². The second-order valence-corrected chi connectivity index (χ2v) is 17.9. The average molecular weight is 1030 g/mol. The van der Waals surface area contributed by atoms with Crippen molar-refractivity contribution in [1.82, 2.24) is 29.7 Å². The molecule has 74 heavy (non-hydrogen) atoms. The highest BCUT2D eigenvalue weighted by atomic mass is 19.4. The number of aliphatic hydroxyl groups excluding tert-OH is 2. The van der Waals surface area contributed by atoms with Crippen LogP contribution >= 0.6 is 0 Å². The standard InChI is InChI=1S/C50H46F4N8O12/c1-24-43(44(66)32-19-28(74-50(52,53)54)6-8-35(32)60(24)2)46(68)58-27-5-10-37(33(51)18-27)73-47-31-20-38(71-3)39(21-34(31)55-23-56-47)72-22-42(65)61-14-12-25(13-15-61)16-41(64)57-26-4-7-29-30(17-26)49(70)62(48(29)69)36-9-11-40(63)59-45(36)67/h4-8,10,17-21,23,25,36,40,45,59,63,67H,9,11-16,22H2,1-3H3,(H,57,64)(H,58,68). The van der Waals surface area contributed by atoms with Gasteiger partial charge in [-0.25, -0.2) is 14.4 Å². The summed E-state index contributed by atoms with van der Waals surface area (Å²) < 4.78 is 77.0. The van der Waals surface area contributed by atoms with Crippen molar-refractivity contribution in [2.45, 2.75) is 63.9 Å². The number of fused-ring (bicyclic) bond motifs is 3. The highest BCUT2D eigenvalue weighted by Gasteiger charge is 2.44. The summed E-state index contributed by atoms with van der Waals surface area (Å²) in [6, 6.07) is 13.2. The van der Waals surface area contributed by atoms with Gasteiger partial charge >= 0.3 is 6.36 Å². The number of rotatable bonds is 13. The smallest absolute Gasteiger partial charge is 0.493 e. The van der Waals surface area contributed by atoms with Crippen molar-refractivity contribution >= 4 is 62.7 Å². The number of anilines is 2. The van der Waals surface area contributed by atoms with E-state index in [-0.39, 0.29) is 117 Å². The van der Waals surface area contributed by atoms with Crippen LogP contribution in [-0.2, 0) is 16.6 Å². The highest BCUT2D eigenvalue weighted by Crippen LogP contribution is 2.38. The number of piperidine rings is 2. The van der Waals surface area contributed by atoms with Crippen molar-refractivity contribution in [3.05, 3.63) is 111 Å². The molecule has 5 N–H and O–H groups in total. The predicted octanol–water partition coefficient (Wildman–Crippen LogP) is 5.51.